The summed E-state index contributed by atoms with van der Waals surface area (Å²) in [5.41, 5.74) is 3.59. The predicted molar refractivity (Wildman–Crippen MR) is 75.3 cm³/mol. The Hall–Kier alpha value is -2.09. The molecule has 1 aromatic rings. The lowest BCUT2D eigenvalue weighted by molar-refractivity contribution is 0.689. The Bertz CT molecular complexity index is 562. The van der Waals surface area contributed by atoms with Crippen molar-refractivity contribution in [1.82, 2.24) is 4.90 Å². The molecule has 0 spiro atoms. The molecule has 1 aromatic carbocycles. The van der Waals surface area contributed by atoms with E-state index in [1.165, 1.54) is 11.3 Å². The van der Waals surface area contributed by atoms with E-state index in [2.05, 4.69) is 53.6 Å². The van der Waals surface area contributed by atoms with Gasteiger partial charge in [-0.05, 0) is 24.5 Å². The van der Waals surface area contributed by atoms with Crippen molar-refractivity contribution in [3.8, 4) is 0 Å². The Morgan fingerprint density at radius 3 is 2.78 bits per heavy atom. The minimum absolute atomic E-state index is 1.02. The SMILES string of the molecule is CN1C=CC2=C(CCC=C2)N=C1c1ccccc1. The molecule has 0 atom stereocenters. The molecular formula is C16H16N2. The molecule has 0 unspecified atom stereocenters. The van der Waals surface area contributed by atoms with Crippen molar-refractivity contribution in [3.05, 3.63) is 71.6 Å². The van der Waals surface area contributed by atoms with Crippen LogP contribution in [0.2, 0.25) is 0 Å². The lowest BCUT2D eigenvalue weighted by Crippen LogP contribution is -2.21. The summed E-state index contributed by atoms with van der Waals surface area (Å²) < 4.78 is 0. The molecule has 0 aromatic heterocycles. The van der Waals surface area contributed by atoms with E-state index >= 15 is 0 Å². The summed E-state index contributed by atoms with van der Waals surface area (Å²) in [6.07, 6.45) is 10.7. The van der Waals surface area contributed by atoms with Gasteiger partial charge in [0.25, 0.3) is 0 Å². The number of benzene rings is 1. The van der Waals surface area contributed by atoms with Crippen LogP contribution in [-0.2, 0) is 0 Å². The summed E-state index contributed by atoms with van der Waals surface area (Å²) in [5, 5.41) is 0. The molecule has 0 radical (unpaired) electrons. The van der Waals surface area contributed by atoms with Gasteiger partial charge in [0.1, 0.15) is 5.84 Å². The molecule has 0 N–H and O–H groups in total. The van der Waals surface area contributed by atoms with Gasteiger partial charge in [0.05, 0.1) is 5.70 Å². The number of nitrogens with zero attached hydrogens (tertiary/aromatic N) is 2. The van der Waals surface area contributed by atoms with Gasteiger partial charge in [0.15, 0.2) is 0 Å². The minimum Gasteiger partial charge on any atom is -0.336 e. The molecule has 2 nitrogen and oxygen atoms in total. The van der Waals surface area contributed by atoms with Crippen LogP contribution >= 0.6 is 0 Å². The Morgan fingerprint density at radius 1 is 1.11 bits per heavy atom. The average molecular weight is 236 g/mol. The molecule has 0 bridgehead atoms. The number of amidine groups is 1. The van der Waals surface area contributed by atoms with Crippen LogP contribution in [0.3, 0.4) is 0 Å². The zero-order valence-electron chi connectivity index (χ0n) is 10.5. The van der Waals surface area contributed by atoms with E-state index in [-0.39, 0.29) is 0 Å². The van der Waals surface area contributed by atoms with Crippen molar-refractivity contribution in [1.29, 1.82) is 0 Å². The standard InChI is InChI=1S/C16H16N2/c1-18-12-11-13-7-5-6-10-15(13)17-16(18)14-8-3-2-4-9-14/h2-5,7-9,11-12H,6,10H2,1H3. The van der Waals surface area contributed by atoms with Gasteiger partial charge < -0.3 is 4.90 Å². The van der Waals surface area contributed by atoms with E-state index in [0.29, 0.717) is 0 Å². The lowest BCUT2D eigenvalue weighted by atomic mass is 10.0. The number of hydrogen-bond donors (Lipinski definition) is 0. The zero-order valence-corrected chi connectivity index (χ0v) is 10.5. The van der Waals surface area contributed by atoms with Crippen LogP contribution in [0.5, 0.6) is 0 Å². The Labute approximate surface area is 108 Å². The van der Waals surface area contributed by atoms with Gasteiger partial charge in [0, 0.05) is 18.8 Å². The molecule has 1 aliphatic heterocycles. The fourth-order valence-electron chi connectivity index (χ4n) is 2.27. The summed E-state index contributed by atoms with van der Waals surface area (Å²) in [5.74, 6) is 1.02. The lowest BCUT2D eigenvalue weighted by Gasteiger charge is -2.16. The normalized spacial score (nSPS) is 18.5. The van der Waals surface area contributed by atoms with E-state index in [1.54, 1.807) is 0 Å². The quantitative estimate of drug-likeness (QED) is 0.728. The smallest absolute Gasteiger partial charge is 0.139 e. The van der Waals surface area contributed by atoms with Crippen LogP contribution in [0, 0.1) is 0 Å². The van der Waals surface area contributed by atoms with Crippen molar-refractivity contribution in [2.24, 2.45) is 4.99 Å². The molecular weight excluding hydrogens is 220 g/mol. The molecule has 0 amide bonds. The van der Waals surface area contributed by atoms with Gasteiger partial charge in [-0.25, -0.2) is 4.99 Å². The Morgan fingerprint density at radius 2 is 1.94 bits per heavy atom. The molecule has 2 heteroatoms. The van der Waals surface area contributed by atoms with E-state index in [1.807, 2.05) is 13.1 Å². The van der Waals surface area contributed by atoms with E-state index in [9.17, 15) is 0 Å². The van der Waals surface area contributed by atoms with Gasteiger partial charge in [0.2, 0.25) is 0 Å². The molecule has 1 aliphatic carbocycles. The van der Waals surface area contributed by atoms with Crippen molar-refractivity contribution in [2.75, 3.05) is 7.05 Å². The highest BCUT2D eigenvalue weighted by molar-refractivity contribution is 6.00. The first-order valence-corrected chi connectivity index (χ1v) is 6.29. The highest BCUT2D eigenvalue weighted by Crippen LogP contribution is 2.24. The Balaban J connectivity index is 2.08. The van der Waals surface area contributed by atoms with Gasteiger partial charge in [-0.15, -0.1) is 0 Å². The molecule has 1 heterocycles. The van der Waals surface area contributed by atoms with E-state index in [4.69, 9.17) is 4.99 Å². The highest BCUT2D eigenvalue weighted by Gasteiger charge is 2.14. The first kappa shape index (κ1) is 11.0. The molecule has 90 valence electrons. The maximum Gasteiger partial charge on any atom is 0.139 e. The van der Waals surface area contributed by atoms with Crippen molar-refractivity contribution in [3.63, 3.8) is 0 Å². The highest BCUT2D eigenvalue weighted by atomic mass is 15.2. The molecule has 2 aliphatic rings. The average Bonchev–Trinajstić information content (AvgIpc) is 2.60. The molecule has 18 heavy (non-hydrogen) atoms. The third kappa shape index (κ3) is 2.02. The molecule has 0 fully saturated rings. The van der Waals surface area contributed by atoms with Crippen LogP contribution in [0.1, 0.15) is 18.4 Å². The van der Waals surface area contributed by atoms with Crippen LogP contribution < -0.4 is 0 Å². The number of hydrogen-bond acceptors (Lipinski definition) is 2. The van der Waals surface area contributed by atoms with E-state index < -0.39 is 0 Å². The number of aliphatic imine (C=N–C) groups is 1. The maximum absolute atomic E-state index is 4.86. The predicted octanol–water partition coefficient (Wildman–Crippen LogP) is 3.50. The van der Waals surface area contributed by atoms with Gasteiger partial charge in [-0.2, -0.15) is 0 Å². The molecule has 0 saturated carbocycles. The number of rotatable bonds is 1. The second-order valence-electron chi connectivity index (χ2n) is 4.57. The minimum atomic E-state index is 1.02. The number of allylic oxidation sites excluding steroid dienone is 5. The zero-order chi connectivity index (χ0) is 12.4. The van der Waals surface area contributed by atoms with Gasteiger partial charge in [-0.3, -0.25) is 0 Å². The largest absolute Gasteiger partial charge is 0.336 e. The van der Waals surface area contributed by atoms with Crippen LogP contribution in [-0.4, -0.2) is 17.8 Å². The fraction of sp³-hybridized carbons (Fsp3) is 0.188. The first-order chi connectivity index (χ1) is 8.84. The van der Waals surface area contributed by atoms with Crippen LogP contribution in [0.25, 0.3) is 0 Å². The first-order valence-electron chi connectivity index (χ1n) is 6.29. The third-order valence-corrected chi connectivity index (χ3v) is 3.26. The summed E-state index contributed by atoms with van der Waals surface area (Å²) in [4.78, 5) is 6.94. The maximum atomic E-state index is 4.86. The topological polar surface area (TPSA) is 15.6 Å². The molecule has 0 saturated heterocycles. The molecule has 3 rings (SSSR count). The van der Waals surface area contributed by atoms with Crippen molar-refractivity contribution < 1.29 is 0 Å². The summed E-state index contributed by atoms with van der Waals surface area (Å²) >= 11 is 0. The summed E-state index contributed by atoms with van der Waals surface area (Å²) in [6, 6.07) is 10.3. The Kier molecular flexibility index (Phi) is 2.85. The second-order valence-corrected chi connectivity index (χ2v) is 4.57. The third-order valence-electron chi connectivity index (χ3n) is 3.26. The second kappa shape index (κ2) is 4.65. The van der Waals surface area contributed by atoms with Crippen molar-refractivity contribution >= 4 is 5.84 Å². The van der Waals surface area contributed by atoms with Gasteiger partial charge in [-0.1, -0.05) is 42.5 Å². The van der Waals surface area contributed by atoms with Crippen LogP contribution in [0.15, 0.2) is 71.0 Å². The van der Waals surface area contributed by atoms with Gasteiger partial charge >= 0.3 is 0 Å². The van der Waals surface area contributed by atoms with Crippen LogP contribution in [0.4, 0.5) is 0 Å². The summed E-state index contributed by atoms with van der Waals surface area (Å²) in [6.45, 7) is 0. The summed E-state index contributed by atoms with van der Waals surface area (Å²) in [7, 11) is 2.05. The van der Waals surface area contributed by atoms with E-state index in [0.717, 1.165) is 24.2 Å². The monoisotopic (exact) mass is 236 g/mol. The fourth-order valence-corrected chi connectivity index (χ4v) is 2.27. The van der Waals surface area contributed by atoms with Crippen molar-refractivity contribution in [2.45, 2.75) is 12.8 Å².